The van der Waals surface area contributed by atoms with E-state index in [2.05, 4.69) is 35.0 Å². The van der Waals surface area contributed by atoms with E-state index >= 15 is 0 Å². The van der Waals surface area contributed by atoms with E-state index in [4.69, 9.17) is 11.6 Å². The SMILES string of the molecule is CN1Cc2cccc(Cl)c2C12CCN(C1C3CC4CC(C3)CC1C4)CC2. The van der Waals surface area contributed by atoms with Crippen LogP contribution in [0.3, 0.4) is 0 Å². The maximum atomic E-state index is 6.70. The minimum atomic E-state index is 0.191. The zero-order valence-corrected chi connectivity index (χ0v) is 16.7. The average Bonchev–Trinajstić information content (AvgIpc) is 2.88. The Morgan fingerprint density at radius 1 is 0.962 bits per heavy atom. The summed E-state index contributed by atoms with van der Waals surface area (Å²) in [4.78, 5) is 5.51. The van der Waals surface area contributed by atoms with Crippen molar-refractivity contribution in [3.63, 3.8) is 0 Å². The van der Waals surface area contributed by atoms with Gasteiger partial charge in [-0.05, 0) is 92.9 Å². The Hall–Kier alpha value is -0.570. The lowest BCUT2D eigenvalue weighted by atomic mass is 9.53. The molecule has 1 aromatic rings. The van der Waals surface area contributed by atoms with E-state index in [1.54, 1.807) is 6.42 Å². The highest BCUT2D eigenvalue weighted by molar-refractivity contribution is 6.31. The minimum Gasteiger partial charge on any atom is -0.300 e. The molecule has 0 aromatic heterocycles. The molecule has 2 heterocycles. The van der Waals surface area contributed by atoms with Crippen LogP contribution in [0.25, 0.3) is 0 Å². The fourth-order valence-electron chi connectivity index (χ4n) is 8.14. The summed E-state index contributed by atoms with van der Waals surface area (Å²) >= 11 is 6.70. The lowest BCUT2D eigenvalue weighted by molar-refractivity contribution is -0.0843. The van der Waals surface area contributed by atoms with E-state index in [1.165, 1.54) is 62.7 Å². The highest BCUT2D eigenvalue weighted by Gasteiger charge is 2.53. The molecule has 4 aliphatic carbocycles. The Morgan fingerprint density at radius 3 is 2.27 bits per heavy atom. The Balaban J connectivity index is 1.25. The van der Waals surface area contributed by atoms with Gasteiger partial charge in [0.2, 0.25) is 0 Å². The second kappa shape index (κ2) is 5.72. The highest BCUT2D eigenvalue weighted by Crippen LogP contribution is 2.56. The Morgan fingerprint density at radius 2 is 1.62 bits per heavy atom. The lowest BCUT2D eigenvalue weighted by Crippen LogP contribution is -2.59. The lowest BCUT2D eigenvalue weighted by Gasteiger charge is -2.59. The van der Waals surface area contributed by atoms with Crippen LogP contribution in [0.4, 0.5) is 0 Å². The van der Waals surface area contributed by atoms with Gasteiger partial charge in [-0.2, -0.15) is 0 Å². The topological polar surface area (TPSA) is 6.48 Å². The molecular weight excluding hydrogens is 340 g/mol. The van der Waals surface area contributed by atoms with E-state index < -0.39 is 0 Å². The van der Waals surface area contributed by atoms with Gasteiger partial charge in [0.1, 0.15) is 0 Å². The molecule has 7 rings (SSSR count). The van der Waals surface area contributed by atoms with Gasteiger partial charge in [0, 0.05) is 30.7 Å². The summed E-state index contributed by atoms with van der Waals surface area (Å²) in [5, 5.41) is 0.995. The summed E-state index contributed by atoms with van der Waals surface area (Å²) in [6.45, 7) is 3.60. The van der Waals surface area contributed by atoms with Gasteiger partial charge in [-0.15, -0.1) is 0 Å². The maximum absolute atomic E-state index is 6.70. The molecule has 26 heavy (non-hydrogen) atoms. The number of rotatable bonds is 1. The van der Waals surface area contributed by atoms with Crippen LogP contribution in [0.2, 0.25) is 5.02 Å². The first-order valence-electron chi connectivity index (χ1n) is 10.9. The summed E-state index contributed by atoms with van der Waals surface area (Å²) in [7, 11) is 2.31. The number of halogens is 1. The molecule has 1 aromatic carbocycles. The van der Waals surface area contributed by atoms with Gasteiger partial charge in [0.15, 0.2) is 0 Å². The molecule has 4 bridgehead atoms. The second-order valence-electron chi connectivity index (χ2n) is 10.1. The van der Waals surface area contributed by atoms with Crippen LogP contribution in [-0.4, -0.2) is 36.0 Å². The van der Waals surface area contributed by atoms with Crippen molar-refractivity contribution in [1.29, 1.82) is 0 Å². The highest BCUT2D eigenvalue weighted by atomic mass is 35.5. The summed E-state index contributed by atoms with van der Waals surface area (Å²) < 4.78 is 0. The predicted molar refractivity (Wildman–Crippen MR) is 106 cm³/mol. The second-order valence-corrected chi connectivity index (χ2v) is 10.5. The molecule has 2 aliphatic heterocycles. The largest absolute Gasteiger partial charge is 0.300 e. The third kappa shape index (κ3) is 2.19. The first-order valence-corrected chi connectivity index (χ1v) is 11.2. The van der Waals surface area contributed by atoms with Crippen molar-refractivity contribution in [2.24, 2.45) is 23.7 Å². The molecule has 1 saturated heterocycles. The van der Waals surface area contributed by atoms with Crippen molar-refractivity contribution in [2.45, 2.75) is 63.1 Å². The van der Waals surface area contributed by atoms with Gasteiger partial charge in [0.05, 0.1) is 5.54 Å². The number of fused-ring (bicyclic) bond motifs is 2. The summed E-state index contributed by atoms with van der Waals surface area (Å²) in [6.07, 6.45) is 10.2. The normalized spacial score (nSPS) is 41.1. The molecule has 0 N–H and O–H groups in total. The van der Waals surface area contributed by atoms with Crippen LogP contribution in [0.1, 0.15) is 56.1 Å². The number of piperidine rings is 1. The molecule has 0 amide bonds. The van der Waals surface area contributed by atoms with E-state index in [-0.39, 0.29) is 5.54 Å². The van der Waals surface area contributed by atoms with Crippen LogP contribution >= 0.6 is 11.6 Å². The molecule has 0 atom stereocenters. The van der Waals surface area contributed by atoms with Crippen LogP contribution < -0.4 is 0 Å². The van der Waals surface area contributed by atoms with Crippen molar-refractivity contribution in [3.05, 3.63) is 34.3 Å². The van der Waals surface area contributed by atoms with Gasteiger partial charge in [0.25, 0.3) is 0 Å². The standard InChI is InChI=1S/C23H31ClN2/c1-25-14-17-3-2-4-20(24)21(17)23(25)5-7-26(8-6-23)22-18-10-15-9-16(12-18)13-19(22)11-15/h2-4,15-16,18-19,22H,5-14H2,1H3. The van der Waals surface area contributed by atoms with Crippen molar-refractivity contribution in [1.82, 2.24) is 9.80 Å². The molecule has 6 aliphatic rings. The maximum Gasteiger partial charge on any atom is 0.0503 e. The Labute approximate surface area is 162 Å². The van der Waals surface area contributed by atoms with E-state index in [9.17, 15) is 0 Å². The molecule has 140 valence electrons. The predicted octanol–water partition coefficient (Wildman–Crippen LogP) is 4.90. The molecule has 0 unspecified atom stereocenters. The summed E-state index contributed by atoms with van der Waals surface area (Å²) in [6, 6.07) is 7.41. The quantitative estimate of drug-likeness (QED) is 0.693. The average molecular weight is 371 g/mol. The molecule has 3 heteroatoms. The number of nitrogens with zero attached hydrogens (tertiary/aromatic N) is 2. The fourth-order valence-corrected chi connectivity index (χ4v) is 8.51. The Kier molecular flexibility index (Phi) is 3.60. The van der Waals surface area contributed by atoms with Crippen LogP contribution in [-0.2, 0) is 12.1 Å². The first kappa shape index (κ1) is 16.4. The van der Waals surface area contributed by atoms with E-state index in [0.717, 1.165) is 41.3 Å². The van der Waals surface area contributed by atoms with Gasteiger partial charge < -0.3 is 0 Å². The molecule has 4 saturated carbocycles. The van der Waals surface area contributed by atoms with Crippen molar-refractivity contribution >= 4 is 11.6 Å². The molecular formula is C23H31ClN2. The number of hydrogen-bond acceptors (Lipinski definition) is 2. The van der Waals surface area contributed by atoms with Crippen LogP contribution in [0, 0.1) is 23.7 Å². The van der Waals surface area contributed by atoms with Gasteiger partial charge in [-0.1, -0.05) is 23.7 Å². The number of likely N-dealkylation sites (tertiary alicyclic amines) is 1. The third-order valence-corrected chi connectivity index (χ3v) is 9.24. The van der Waals surface area contributed by atoms with Crippen LogP contribution in [0.15, 0.2) is 18.2 Å². The molecule has 1 spiro atoms. The van der Waals surface area contributed by atoms with Crippen molar-refractivity contribution in [2.75, 3.05) is 20.1 Å². The van der Waals surface area contributed by atoms with Crippen molar-refractivity contribution < 1.29 is 0 Å². The van der Waals surface area contributed by atoms with Crippen molar-refractivity contribution in [3.8, 4) is 0 Å². The summed E-state index contributed by atoms with van der Waals surface area (Å²) in [5.74, 6) is 4.18. The smallest absolute Gasteiger partial charge is 0.0503 e. The molecule has 2 nitrogen and oxygen atoms in total. The van der Waals surface area contributed by atoms with Gasteiger partial charge in [-0.25, -0.2) is 0 Å². The minimum absolute atomic E-state index is 0.191. The number of benzene rings is 1. The monoisotopic (exact) mass is 370 g/mol. The summed E-state index contributed by atoms with van der Waals surface area (Å²) in [5.41, 5.74) is 3.10. The zero-order chi connectivity index (χ0) is 17.5. The van der Waals surface area contributed by atoms with Gasteiger partial charge in [-0.3, -0.25) is 9.80 Å². The fraction of sp³-hybridized carbons (Fsp3) is 0.739. The zero-order valence-electron chi connectivity index (χ0n) is 16.0. The van der Waals surface area contributed by atoms with E-state index in [0.29, 0.717) is 0 Å². The molecule has 0 radical (unpaired) electrons. The Bertz CT molecular complexity index is 693. The van der Waals surface area contributed by atoms with Crippen LogP contribution in [0.5, 0.6) is 0 Å². The third-order valence-electron chi connectivity index (χ3n) is 8.93. The van der Waals surface area contributed by atoms with Gasteiger partial charge >= 0.3 is 0 Å². The number of hydrogen-bond donors (Lipinski definition) is 0. The molecule has 5 fully saturated rings. The first-order chi connectivity index (χ1) is 12.6. The van der Waals surface area contributed by atoms with E-state index in [1.807, 2.05) is 0 Å².